The van der Waals surface area contributed by atoms with E-state index >= 15 is 0 Å². The summed E-state index contributed by atoms with van der Waals surface area (Å²) < 4.78 is 5.16. The molecule has 1 saturated carbocycles. The third-order valence-corrected chi connectivity index (χ3v) is 3.78. The van der Waals surface area contributed by atoms with Crippen LogP contribution >= 0.6 is 0 Å². The van der Waals surface area contributed by atoms with Gasteiger partial charge < -0.3 is 10.1 Å². The second-order valence-electron chi connectivity index (χ2n) is 5.32. The van der Waals surface area contributed by atoms with E-state index in [1.807, 2.05) is 24.3 Å². The monoisotopic (exact) mass is 274 g/mol. The van der Waals surface area contributed by atoms with Gasteiger partial charge in [-0.05, 0) is 30.5 Å². The second kappa shape index (κ2) is 5.25. The number of imide groups is 1. The standard InChI is InChI=1S/C15H18N2O3/c1-20-12-4-2-3-10(7-12)9-16-13-8-14(18)17(15(13)19)11-5-6-11/h2-4,7,11,13,16H,5-6,8-9H2,1H3. The maximum atomic E-state index is 12.2. The lowest BCUT2D eigenvalue weighted by Gasteiger charge is -2.14. The lowest BCUT2D eigenvalue weighted by molar-refractivity contribution is -0.139. The van der Waals surface area contributed by atoms with E-state index in [1.165, 1.54) is 4.90 Å². The zero-order chi connectivity index (χ0) is 14.1. The van der Waals surface area contributed by atoms with E-state index in [2.05, 4.69) is 5.32 Å². The molecule has 2 amide bonds. The number of rotatable bonds is 5. The largest absolute Gasteiger partial charge is 0.497 e. The molecular weight excluding hydrogens is 256 g/mol. The third kappa shape index (κ3) is 2.54. The SMILES string of the molecule is COc1cccc(CNC2CC(=O)N(C3CC3)C2=O)c1. The van der Waals surface area contributed by atoms with Crippen LogP contribution in [-0.2, 0) is 16.1 Å². The summed E-state index contributed by atoms with van der Waals surface area (Å²) in [6, 6.07) is 7.46. The van der Waals surface area contributed by atoms with Gasteiger partial charge in [-0.2, -0.15) is 0 Å². The van der Waals surface area contributed by atoms with Crippen molar-refractivity contribution in [2.45, 2.75) is 37.9 Å². The Bertz CT molecular complexity index is 540. The summed E-state index contributed by atoms with van der Waals surface area (Å²) in [5.41, 5.74) is 1.04. The topological polar surface area (TPSA) is 58.6 Å². The van der Waals surface area contributed by atoms with Gasteiger partial charge in [0.05, 0.1) is 19.6 Å². The highest BCUT2D eigenvalue weighted by atomic mass is 16.5. The van der Waals surface area contributed by atoms with Gasteiger partial charge in [-0.25, -0.2) is 0 Å². The first-order chi connectivity index (χ1) is 9.69. The molecule has 5 heteroatoms. The summed E-state index contributed by atoms with van der Waals surface area (Å²) >= 11 is 0. The van der Waals surface area contributed by atoms with Gasteiger partial charge in [0.1, 0.15) is 5.75 Å². The van der Waals surface area contributed by atoms with Crippen molar-refractivity contribution in [3.63, 3.8) is 0 Å². The molecule has 106 valence electrons. The number of carbonyl (C=O) groups is 2. The van der Waals surface area contributed by atoms with Gasteiger partial charge in [0.2, 0.25) is 11.8 Å². The molecule has 20 heavy (non-hydrogen) atoms. The first-order valence-corrected chi connectivity index (χ1v) is 6.91. The average molecular weight is 274 g/mol. The number of methoxy groups -OCH3 is 1. The van der Waals surface area contributed by atoms with E-state index < -0.39 is 0 Å². The molecule has 1 atom stereocenters. The van der Waals surface area contributed by atoms with Crippen LogP contribution in [0.25, 0.3) is 0 Å². The van der Waals surface area contributed by atoms with Crippen molar-refractivity contribution >= 4 is 11.8 Å². The number of hydrogen-bond donors (Lipinski definition) is 1. The van der Waals surface area contributed by atoms with Crippen molar-refractivity contribution in [2.24, 2.45) is 0 Å². The average Bonchev–Trinajstić information content (AvgIpc) is 3.24. The third-order valence-electron chi connectivity index (χ3n) is 3.78. The van der Waals surface area contributed by atoms with Gasteiger partial charge >= 0.3 is 0 Å². The van der Waals surface area contributed by atoms with Crippen LogP contribution < -0.4 is 10.1 Å². The Morgan fingerprint density at radius 3 is 2.85 bits per heavy atom. The molecule has 3 rings (SSSR count). The number of benzene rings is 1. The molecule has 1 N–H and O–H groups in total. The van der Waals surface area contributed by atoms with E-state index in [9.17, 15) is 9.59 Å². The maximum Gasteiger partial charge on any atom is 0.247 e. The number of hydrogen-bond acceptors (Lipinski definition) is 4. The predicted molar refractivity (Wildman–Crippen MR) is 73.1 cm³/mol. The fraction of sp³-hybridized carbons (Fsp3) is 0.467. The number of amides is 2. The Hall–Kier alpha value is -1.88. The van der Waals surface area contributed by atoms with Crippen molar-refractivity contribution in [2.75, 3.05) is 7.11 Å². The van der Waals surface area contributed by atoms with Crippen LogP contribution in [0.1, 0.15) is 24.8 Å². The van der Waals surface area contributed by atoms with Crippen LogP contribution in [0.4, 0.5) is 0 Å². The van der Waals surface area contributed by atoms with Gasteiger partial charge in [0.15, 0.2) is 0 Å². The lowest BCUT2D eigenvalue weighted by Crippen LogP contribution is -2.39. The molecule has 1 aliphatic heterocycles. The predicted octanol–water partition coefficient (Wildman–Crippen LogP) is 1.07. The van der Waals surface area contributed by atoms with E-state index in [4.69, 9.17) is 4.74 Å². The van der Waals surface area contributed by atoms with Crippen LogP contribution in [0.2, 0.25) is 0 Å². The minimum Gasteiger partial charge on any atom is -0.497 e. The van der Waals surface area contributed by atoms with E-state index in [1.54, 1.807) is 7.11 Å². The Morgan fingerprint density at radius 1 is 1.35 bits per heavy atom. The molecular formula is C15H18N2O3. The molecule has 1 aliphatic carbocycles. The second-order valence-corrected chi connectivity index (χ2v) is 5.32. The van der Waals surface area contributed by atoms with Crippen LogP contribution in [0, 0.1) is 0 Å². The van der Waals surface area contributed by atoms with Crippen molar-refractivity contribution in [3.05, 3.63) is 29.8 Å². The first-order valence-electron chi connectivity index (χ1n) is 6.91. The highest BCUT2D eigenvalue weighted by Gasteiger charge is 2.45. The summed E-state index contributed by atoms with van der Waals surface area (Å²) in [5.74, 6) is 0.679. The van der Waals surface area contributed by atoms with E-state index in [-0.39, 0.29) is 30.3 Å². The molecule has 2 fully saturated rings. The molecule has 1 aromatic carbocycles. The molecule has 1 unspecified atom stereocenters. The van der Waals surface area contributed by atoms with Gasteiger partial charge in [-0.3, -0.25) is 14.5 Å². The van der Waals surface area contributed by atoms with Crippen LogP contribution in [0.3, 0.4) is 0 Å². The molecule has 5 nitrogen and oxygen atoms in total. The molecule has 0 spiro atoms. The summed E-state index contributed by atoms with van der Waals surface area (Å²) in [6.07, 6.45) is 2.19. The summed E-state index contributed by atoms with van der Waals surface area (Å²) in [5, 5.41) is 3.17. The number of carbonyl (C=O) groups excluding carboxylic acids is 2. The van der Waals surface area contributed by atoms with Gasteiger partial charge in [-0.15, -0.1) is 0 Å². The van der Waals surface area contributed by atoms with Gasteiger partial charge in [0.25, 0.3) is 0 Å². The minimum absolute atomic E-state index is 0.0411. The zero-order valence-corrected chi connectivity index (χ0v) is 11.5. The van der Waals surface area contributed by atoms with Crippen molar-refractivity contribution < 1.29 is 14.3 Å². The summed E-state index contributed by atoms with van der Waals surface area (Å²) in [4.78, 5) is 25.4. The quantitative estimate of drug-likeness (QED) is 0.816. The maximum absolute atomic E-state index is 12.2. The van der Waals surface area contributed by atoms with Gasteiger partial charge in [-0.1, -0.05) is 12.1 Å². The summed E-state index contributed by atoms with van der Waals surface area (Å²) in [6.45, 7) is 0.555. The molecule has 2 aliphatic rings. The fourth-order valence-corrected chi connectivity index (χ4v) is 2.55. The van der Waals surface area contributed by atoms with Crippen LogP contribution in [-0.4, -0.2) is 35.9 Å². The Labute approximate surface area is 117 Å². The Morgan fingerprint density at radius 2 is 2.15 bits per heavy atom. The molecule has 1 aromatic rings. The molecule has 1 heterocycles. The summed E-state index contributed by atoms with van der Waals surface area (Å²) in [7, 11) is 1.62. The molecule has 0 bridgehead atoms. The van der Waals surface area contributed by atoms with Gasteiger partial charge in [0, 0.05) is 12.6 Å². The highest BCUT2D eigenvalue weighted by molar-refractivity contribution is 6.06. The van der Waals surface area contributed by atoms with Crippen molar-refractivity contribution in [1.29, 1.82) is 0 Å². The van der Waals surface area contributed by atoms with E-state index in [0.29, 0.717) is 6.54 Å². The molecule has 0 aromatic heterocycles. The number of likely N-dealkylation sites (tertiary alicyclic amines) is 1. The minimum atomic E-state index is -0.380. The molecule has 0 radical (unpaired) electrons. The first kappa shape index (κ1) is 13.1. The number of nitrogens with one attached hydrogen (secondary N) is 1. The number of ether oxygens (including phenoxy) is 1. The Balaban J connectivity index is 1.61. The van der Waals surface area contributed by atoms with Crippen molar-refractivity contribution in [1.82, 2.24) is 10.2 Å². The lowest BCUT2D eigenvalue weighted by atomic mass is 10.2. The van der Waals surface area contributed by atoms with Crippen LogP contribution in [0.15, 0.2) is 24.3 Å². The Kier molecular flexibility index (Phi) is 3.44. The normalized spacial score (nSPS) is 22.4. The number of nitrogens with zero attached hydrogens (tertiary/aromatic N) is 1. The zero-order valence-electron chi connectivity index (χ0n) is 11.5. The van der Waals surface area contributed by atoms with Crippen LogP contribution in [0.5, 0.6) is 5.75 Å². The fourth-order valence-electron chi connectivity index (χ4n) is 2.55. The van der Waals surface area contributed by atoms with Crippen molar-refractivity contribution in [3.8, 4) is 5.75 Å². The van der Waals surface area contributed by atoms with E-state index in [0.717, 1.165) is 24.2 Å². The molecule has 1 saturated heterocycles. The smallest absolute Gasteiger partial charge is 0.247 e. The highest BCUT2D eigenvalue weighted by Crippen LogP contribution is 2.31.